The minimum absolute atomic E-state index is 0.209. The van der Waals surface area contributed by atoms with Crippen LogP contribution in [0, 0.1) is 13.8 Å². The van der Waals surface area contributed by atoms with Crippen LogP contribution in [0.4, 0.5) is 0 Å². The van der Waals surface area contributed by atoms with Crippen LogP contribution in [0.1, 0.15) is 27.1 Å². The van der Waals surface area contributed by atoms with E-state index in [0.717, 1.165) is 23.5 Å². The van der Waals surface area contributed by atoms with Gasteiger partial charge in [-0.05, 0) is 43.0 Å². The maximum Gasteiger partial charge on any atom is 0.126 e. The van der Waals surface area contributed by atoms with Crippen molar-refractivity contribution in [2.24, 2.45) is 0 Å². The fourth-order valence-electron chi connectivity index (χ4n) is 2.32. The van der Waals surface area contributed by atoms with E-state index in [-0.39, 0.29) is 4.83 Å². The Hall–Kier alpha value is -1.48. The smallest absolute Gasteiger partial charge is 0.126 e. The average Bonchev–Trinajstić information content (AvgIpc) is 2.50. The van der Waals surface area contributed by atoms with E-state index in [2.05, 4.69) is 54.0 Å². The van der Waals surface area contributed by atoms with Crippen LogP contribution in [0.3, 0.4) is 0 Å². The number of ether oxygens (including phenoxy) is 2. The van der Waals surface area contributed by atoms with Crippen molar-refractivity contribution in [3.8, 4) is 11.5 Å². The summed E-state index contributed by atoms with van der Waals surface area (Å²) in [5.74, 6) is 1.65. The van der Waals surface area contributed by atoms with Gasteiger partial charge < -0.3 is 9.47 Å². The first-order valence-electron chi connectivity index (χ1n) is 6.97. The summed E-state index contributed by atoms with van der Waals surface area (Å²) in [6.45, 7) is 4.28. The lowest BCUT2D eigenvalue weighted by Crippen LogP contribution is -2.00. The van der Waals surface area contributed by atoms with Crippen molar-refractivity contribution >= 4 is 15.9 Å². The monoisotopic (exact) mass is 348 g/mol. The Morgan fingerprint density at radius 2 is 1.71 bits per heavy atom. The highest BCUT2D eigenvalue weighted by Crippen LogP contribution is 2.36. The number of hydrogen-bond acceptors (Lipinski definition) is 2. The first-order valence-corrected chi connectivity index (χ1v) is 7.89. The molecule has 0 heterocycles. The first-order chi connectivity index (χ1) is 10.0. The quantitative estimate of drug-likeness (QED) is 0.708. The van der Waals surface area contributed by atoms with E-state index in [4.69, 9.17) is 9.47 Å². The fourth-order valence-corrected chi connectivity index (χ4v) is 3.08. The van der Waals surface area contributed by atoms with Crippen molar-refractivity contribution in [3.05, 3.63) is 58.7 Å². The molecular formula is C18H21BrO2. The molecule has 0 aromatic heterocycles. The minimum atomic E-state index is 0.209. The molecule has 0 saturated carbocycles. The van der Waals surface area contributed by atoms with Gasteiger partial charge in [0.1, 0.15) is 11.5 Å². The Kier molecular flexibility index (Phi) is 5.29. The third-order valence-electron chi connectivity index (χ3n) is 3.76. The summed E-state index contributed by atoms with van der Waals surface area (Å²) in [5.41, 5.74) is 5.11. The number of aryl methyl sites for hydroxylation is 2. The van der Waals surface area contributed by atoms with E-state index in [1.165, 1.54) is 16.7 Å². The molecule has 0 spiro atoms. The Morgan fingerprint density at radius 1 is 0.952 bits per heavy atom. The van der Waals surface area contributed by atoms with Crippen LogP contribution in [0.5, 0.6) is 11.5 Å². The molecule has 0 saturated heterocycles. The molecule has 2 nitrogen and oxygen atoms in total. The Balaban J connectivity index is 2.23. The van der Waals surface area contributed by atoms with Crippen molar-refractivity contribution in [2.75, 3.05) is 14.2 Å². The normalized spacial score (nSPS) is 12.0. The van der Waals surface area contributed by atoms with Gasteiger partial charge in [0.05, 0.1) is 14.2 Å². The van der Waals surface area contributed by atoms with Crippen molar-refractivity contribution in [2.45, 2.75) is 25.1 Å². The van der Waals surface area contributed by atoms with Crippen molar-refractivity contribution in [3.63, 3.8) is 0 Å². The molecule has 21 heavy (non-hydrogen) atoms. The zero-order valence-corrected chi connectivity index (χ0v) is 14.5. The average molecular weight is 349 g/mol. The van der Waals surface area contributed by atoms with E-state index in [1.807, 2.05) is 12.1 Å². The Labute approximate surface area is 135 Å². The van der Waals surface area contributed by atoms with Crippen LogP contribution in [0.2, 0.25) is 0 Å². The van der Waals surface area contributed by atoms with E-state index in [1.54, 1.807) is 14.2 Å². The van der Waals surface area contributed by atoms with Crippen molar-refractivity contribution in [1.82, 2.24) is 0 Å². The van der Waals surface area contributed by atoms with Crippen LogP contribution in [0.15, 0.2) is 36.4 Å². The zero-order chi connectivity index (χ0) is 15.4. The number of benzene rings is 2. The molecule has 2 rings (SSSR count). The highest BCUT2D eigenvalue weighted by molar-refractivity contribution is 9.09. The van der Waals surface area contributed by atoms with E-state index in [9.17, 15) is 0 Å². The number of methoxy groups -OCH3 is 2. The molecule has 0 fully saturated rings. The van der Waals surface area contributed by atoms with Gasteiger partial charge in [-0.1, -0.05) is 40.2 Å². The SMILES string of the molecule is COc1ccc(C(Br)Cc2ccc(C)c(C)c2)c(OC)c1. The van der Waals surface area contributed by atoms with Gasteiger partial charge in [-0.25, -0.2) is 0 Å². The van der Waals surface area contributed by atoms with Crippen molar-refractivity contribution < 1.29 is 9.47 Å². The number of hydrogen-bond donors (Lipinski definition) is 0. The summed E-state index contributed by atoms with van der Waals surface area (Å²) in [7, 11) is 3.35. The second kappa shape index (κ2) is 6.99. The molecule has 0 aliphatic heterocycles. The molecule has 0 N–H and O–H groups in total. The summed E-state index contributed by atoms with van der Waals surface area (Å²) >= 11 is 3.78. The first kappa shape index (κ1) is 15.9. The number of alkyl halides is 1. The zero-order valence-electron chi connectivity index (χ0n) is 12.9. The van der Waals surface area contributed by atoms with Crippen LogP contribution in [-0.2, 0) is 6.42 Å². The molecule has 112 valence electrons. The third kappa shape index (κ3) is 3.79. The largest absolute Gasteiger partial charge is 0.497 e. The molecule has 0 amide bonds. The molecule has 1 atom stereocenters. The van der Waals surface area contributed by atoms with E-state index >= 15 is 0 Å². The van der Waals surface area contributed by atoms with Gasteiger partial charge in [-0.3, -0.25) is 0 Å². The third-order valence-corrected chi connectivity index (χ3v) is 4.58. The van der Waals surface area contributed by atoms with Crippen molar-refractivity contribution in [1.29, 1.82) is 0 Å². The topological polar surface area (TPSA) is 18.5 Å². The predicted molar refractivity (Wildman–Crippen MR) is 90.8 cm³/mol. The van der Waals surface area contributed by atoms with Gasteiger partial charge in [0.15, 0.2) is 0 Å². The Bertz CT molecular complexity index is 623. The Morgan fingerprint density at radius 3 is 2.33 bits per heavy atom. The molecule has 2 aromatic rings. The molecule has 0 aliphatic rings. The van der Waals surface area contributed by atoms with Crippen LogP contribution >= 0.6 is 15.9 Å². The van der Waals surface area contributed by atoms with Crippen LogP contribution < -0.4 is 9.47 Å². The molecule has 1 unspecified atom stereocenters. The standard InChI is InChI=1S/C18H21BrO2/c1-12-5-6-14(9-13(12)2)10-17(19)16-8-7-15(20-3)11-18(16)21-4/h5-9,11,17H,10H2,1-4H3. The fraction of sp³-hybridized carbons (Fsp3) is 0.333. The number of rotatable bonds is 5. The maximum absolute atomic E-state index is 5.48. The summed E-state index contributed by atoms with van der Waals surface area (Å²) in [6, 6.07) is 12.6. The van der Waals surface area contributed by atoms with E-state index in [0.29, 0.717) is 0 Å². The molecule has 2 aromatic carbocycles. The molecule has 3 heteroatoms. The molecule has 0 radical (unpaired) electrons. The number of halogens is 1. The lowest BCUT2D eigenvalue weighted by molar-refractivity contribution is 0.391. The lowest BCUT2D eigenvalue weighted by Gasteiger charge is -2.16. The highest BCUT2D eigenvalue weighted by atomic mass is 79.9. The lowest BCUT2D eigenvalue weighted by atomic mass is 10.00. The van der Waals surface area contributed by atoms with Gasteiger partial charge in [-0.2, -0.15) is 0 Å². The van der Waals surface area contributed by atoms with E-state index < -0.39 is 0 Å². The summed E-state index contributed by atoms with van der Waals surface area (Å²) in [4.78, 5) is 0.209. The predicted octanol–water partition coefficient (Wildman–Crippen LogP) is 5.00. The maximum atomic E-state index is 5.48. The summed E-state index contributed by atoms with van der Waals surface area (Å²) < 4.78 is 10.7. The second-order valence-corrected chi connectivity index (χ2v) is 6.30. The molecule has 0 aliphatic carbocycles. The minimum Gasteiger partial charge on any atom is -0.497 e. The molecular weight excluding hydrogens is 328 g/mol. The van der Waals surface area contributed by atoms with Gasteiger partial charge in [0, 0.05) is 16.5 Å². The highest BCUT2D eigenvalue weighted by Gasteiger charge is 2.15. The van der Waals surface area contributed by atoms with Gasteiger partial charge in [0.25, 0.3) is 0 Å². The second-order valence-electron chi connectivity index (χ2n) is 5.20. The molecule has 0 bridgehead atoms. The van der Waals surface area contributed by atoms with Gasteiger partial charge >= 0.3 is 0 Å². The van der Waals surface area contributed by atoms with Crippen LogP contribution in [-0.4, -0.2) is 14.2 Å². The van der Waals surface area contributed by atoms with Gasteiger partial charge in [0.2, 0.25) is 0 Å². The summed E-state index contributed by atoms with van der Waals surface area (Å²) in [5, 5.41) is 0. The summed E-state index contributed by atoms with van der Waals surface area (Å²) in [6.07, 6.45) is 0.920. The van der Waals surface area contributed by atoms with Crippen LogP contribution in [0.25, 0.3) is 0 Å². The van der Waals surface area contributed by atoms with Gasteiger partial charge in [-0.15, -0.1) is 0 Å².